The first-order valence-corrected chi connectivity index (χ1v) is 6.76. The largest absolute Gasteiger partial charge is 0.416 e. The number of nitrogens with two attached hydrogens (primary N) is 1. The molecule has 3 nitrogen and oxygen atoms in total. The number of halogens is 3. The molecule has 1 aromatic rings. The molecule has 1 fully saturated rings. The number of nitrogen functional groups attached to an aromatic ring is 1. The fourth-order valence-electron chi connectivity index (χ4n) is 2.57. The molecular formula is C14H19F3N2O. The number of benzene rings is 1. The van der Waals surface area contributed by atoms with E-state index in [0.717, 1.165) is 37.8 Å². The summed E-state index contributed by atoms with van der Waals surface area (Å²) in [5.41, 5.74) is 5.45. The average molecular weight is 288 g/mol. The Labute approximate surface area is 116 Å². The van der Waals surface area contributed by atoms with E-state index in [1.54, 1.807) is 0 Å². The Balaban J connectivity index is 1.99. The quantitative estimate of drug-likeness (QED) is 0.748. The van der Waals surface area contributed by atoms with Crippen LogP contribution in [0.3, 0.4) is 0 Å². The van der Waals surface area contributed by atoms with Crippen LogP contribution in [0.15, 0.2) is 18.2 Å². The predicted molar refractivity (Wildman–Crippen MR) is 72.3 cm³/mol. The van der Waals surface area contributed by atoms with Crippen molar-refractivity contribution in [2.24, 2.45) is 5.92 Å². The van der Waals surface area contributed by atoms with Crippen LogP contribution in [0.5, 0.6) is 0 Å². The van der Waals surface area contributed by atoms with Crippen molar-refractivity contribution >= 4 is 11.4 Å². The van der Waals surface area contributed by atoms with Gasteiger partial charge in [0.1, 0.15) is 0 Å². The molecule has 1 aromatic carbocycles. The summed E-state index contributed by atoms with van der Waals surface area (Å²) in [5, 5.41) is 12.9. The van der Waals surface area contributed by atoms with Gasteiger partial charge in [-0.15, -0.1) is 0 Å². The Kier molecular flexibility index (Phi) is 4.42. The molecule has 0 spiro atoms. The van der Waals surface area contributed by atoms with E-state index in [0.29, 0.717) is 12.2 Å². The van der Waals surface area contributed by atoms with E-state index in [2.05, 4.69) is 5.32 Å². The van der Waals surface area contributed by atoms with Crippen LogP contribution in [0, 0.1) is 5.92 Å². The van der Waals surface area contributed by atoms with Crippen LogP contribution in [-0.4, -0.2) is 17.8 Å². The van der Waals surface area contributed by atoms with E-state index in [1.165, 1.54) is 6.07 Å². The van der Waals surface area contributed by atoms with Gasteiger partial charge < -0.3 is 16.2 Å². The maximum atomic E-state index is 12.5. The second-order valence-corrected chi connectivity index (χ2v) is 5.29. The van der Waals surface area contributed by atoms with Crippen LogP contribution < -0.4 is 11.1 Å². The molecule has 0 aliphatic heterocycles. The maximum Gasteiger partial charge on any atom is 0.416 e. The molecule has 0 bridgehead atoms. The summed E-state index contributed by atoms with van der Waals surface area (Å²) in [6.07, 6.45) is -0.909. The van der Waals surface area contributed by atoms with Crippen molar-refractivity contribution in [2.45, 2.75) is 38.0 Å². The minimum atomic E-state index is -4.38. The van der Waals surface area contributed by atoms with Crippen molar-refractivity contribution in [2.75, 3.05) is 17.6 Å². The Hall–Kier alpha value is -1.43. The van der Waals surface area contributed by atoms with E-state index in [4.69, 9.17) is 5.73 Å². The zero-order chi connectivity index (χ0) is 14.8. The second-order valence-electron chi connectivity index (χ2n) is 5.29. The third kappa shape index (κ3) is 3.56. The number of hydrogen-bond acceptors (Lipinski definition) is 3. The van der Waals surface area contributed by atoms with Crippen molar-refractivity contribution in [1.82, 2.24) is 0 Å². The molecule has 6 heteroatoms. The van der Waals surface area contributed by atoms with E-state index >= 15 is 0 Å². The number of nitrogens with one attached hydrogen (secondary N) is 1. The molecule has 20 heavy (non-hydrogen) atoms. The molecule has 0 amide bonds. The van der Waals surface area contributed by atoms with Crippen molar-refractivity contribution in [3.8, 4) is 0 Å². The minimum absolute atomic E-state index is 0.0742. The number of aliphatic hydroxyl groups excluding tert-OH is 1. The SMILES string of the molecule is Nc1cc(C(F)(F)F)ccc1NCC1CCCCC1O. The summed E-state index contributed by atoms with van der Waals surface area (Å²) >= 11 is 0. The highest BCUT2D eigenvalue weighted by Crippen LogP contribution is 2.33. The van der Waals surface area contributed by atoms with Crippen LogP contribution in [0.25, 0.3) is 0 Å². The van der Waals surface area contributed by atoms with Gasteiger partial charge in [-0.2, -0.15) is 13.2 Å². The summed E-state index contributed by atoms with van der Waals surface area (Å²) in [5.74, 6) is 0.130. The highest BCUT2D eigenvalue weighted by atomic mass is 19.4. The molecule has 1 aliphatic carbocycles. The molecule has 0 heterocycles. The molecule has 0 radical (unpaired) electrons. The Morgan fingerprint density at radius 1 is 1.25 bits per heavy atom. The summed E-state index contributed by atoms with van der Waals surface area (Å²) in [7, 11) is 0. The third-order valence-electron chi connectivity index (χ3n) is 3.80. The van der Waals surface area contributed by atoms with E-state index in [1.807, 2.05) is 0 Å². The van der Waals surface area contributed by atoms with Crippen molar-refractivity contribution < 1.29 is 18.3 Å². The van der Waals surface area contributed by atoms with Crippen LogP contribution in [0.4, 0.5) is 24.5 Å². The molecule has 2 rings (SSSR count). The van der Waals surface area contributed by atoms with Gasteiger partial charge in [0.05, 0.1) is 23.0 Å². The van der Waals surface area contributed by atoms with Gasteiger partial charge in [0.25, 0.3) is 0 Å². The maximum absolute atomic E-state index is 12.5. The predicted octanol–water partition coefficient (Wildman–Crippen LogP) is 3.25. The number of hydrogen-bond donors (Lipinski definition) is 3. The van der Waals surface area contributed by atoms with Gasteiger partial charge in [0.2, 0.25) is 0 Å². The first-order chi connectivity index (χ1) is 9.38. The minimum Gasteiger partial charge on any atom is -0.397 e. The van der Waals surface area contributed by atoms with Gasteiger partial charge >= 0.3 is 6.18 Å². The Morgan fingerprint density at radius 2 is 1.95 bits per heavy atom. The highest BCUT2D eigenvalue weighted by Gasteiger charge is 2.31. The summed E-state index contributed by atoms with van der Waals surface area (Å²) < 4.78 is 37.6. The van der Waals surface area contributed by atoms with Crippen molar-refractivity contribution in [1.29, 1.82) is 0 Å². The Morgan fingerprint density at radius 3 is 2.55 bits per heavy atom. The smallest absolute Gasteiger partial charge is 0.397 e. The summed E-state index contributed by atoms with van der Waals surface area (Å²) in [6, 6.07) is 3.28. The molecule has 112 valence electrons. The lowest BCUT2D eigenvalue weighted by Gasteiger charge is -2.28. The van der Waals surface area contributed by atoms with Crippen molar-refractivity contribution in [3.63, 3.8) is 0 Å². The summed E-state index contributed by atoms with van der Waals surface area (Å²) in [6.45, 7) is 0.525. The van der Waals surface area contributed by atoms with Gasteiger partial charge in [0.15, 0.2) is 0 Å². The summed E-state index contributed by atoms with van der Waals surface area (Å²) in [4.78, 5) is 0. The lowest BCUT2D eigenvalue weighted by molar-refractivity contribution is -0.137. The molecule has 0 aromatic heterocycles. The fourth-order valence-corrected chi connectivity index (χ4v) is 2.57. The molecule has 1 aliphatic rings. The fraction of sp³-hybridized carbons (Fsp3) is 0.571. The topological polar surface area (TPSA) is 58.3 Å². The third-order valence-corrected chi connectivity index (χ3v) is 3.80. The first-order valence-electron chi connectivity index (χ1n) is 6.76. The first kappa shape index (κ1) is 15.0. The molecule has 1 saturated carbocycles. The number of aliphatic hydroxyl groups is 1. The van der Waals surface area contributed by atoms with Gasteiger partial charge in [0, 0.05) is 12.5 Å². The van der Waals surface area contributed by atoms with E-state index < -0.39 is 11.7 Å². The van der Waals surface area contributed by atoms with E-state index in [9.17, 15) is 18.3 Å². The zero-order valence-corrected chi connectivity index (χ0v) is 11.1. The second kappa shape index (κ2) is 5.91. The van der Waals surface area contributed by atoms with Crippen LogP contribution >= 0.6 is 0 Å². The average Bonchev–Trinajstić information content (AvgIpc) is 2.38. The lowest BCUT2D eigenvalue weighted by Crippen LogP contribution is -2.30. The highest BCUT2D eigenvalue weighted by molar-refractivity contribution is 5.67. The molecular weight excluding hydrogens is 269 g/mol. The van der Waals surface area contributed by atoms with Crippen LogP contribution in [0.2, 0.25) is 0 Å². The van der Waals surface area contributed by atoms with E-state index in [-0.39, 0.29) is 17.7 Å². The van der Waals surface area contributed by atoms with Crippen LogP contribution in [-0.2, 0) is 6.18 Å². The zero-order valence-electron chi connectivity index (χ0n) is 11.1. The van der Waals surface area contributed by atoms with Gasteiger partial charge in [-0.1, -0.05) is 12.8 Å². The van der Waals surface area contributed by atoms with Crippen molar-refractivity contribution in [3.05, 3.63) is 23.8 Å². The Bertz CT molecular complexity index is 462. The van der Waals surface area contributed by atoms with Gasteiger partial charge in [-0.3, -0.25) is 0 Å². The molecule has 2 atom stereocenters. The van der Waals surface area contributed by atoms with Crippen LogP contribution in [0.1, 0.15) is 31.2 Å². The molecule has 2 unspecified atom stereocenters. The van der Waals surface area contributed by atoms with Gasteiger partial charge in [-0.25, -0.2) is 0 Å². The standard InChI is InChI=1S/C14H19F3N2O/c15-14(16,17)10-5-6-12(11(18)7-10)19-8-9-3-1-2-4-13(9)20/h5-7,9,13,19-20H,1-4,8,18H2. The van der Waals surface area contributed by atoms with Gasteiger partial charge in [-0.05, 0) is 31.0 Å². The monoisotopic (exact) mass is 288 g/mol. The lowest BCUT2D eigenvalue weighted by atomic mass is 9.86. The number of anilines is 2. The number of rotatable bonds is 3. The molecule has 0 saturated heterocycles. The number of alkyl halides is 3. The normalized spacial score (nSPS) is 23.6. The molecule has 4 N–H and O–H groups in total.